The molecule has 0 aliphatic heterocycles. The van der Waals surface area contributed by atoms with Gasteiger partial charge in [-0.1, -0.05) is 31.8 Å². The number of fused-ring (bicyclic) bond motifs is 1. The van der Waals surface area contributed by atoms with E-state index in [1.807, 2.05) is 25.7 Å². The largest absolute Gasteiger partial charge is 0.414 e. The molecule has 1 heterocycles. The van der Waals surface area contributed by atoms with E-state index in [0.717, 1.165) is 0 Å². The van der Waals surface area contributed by atoms with Crippen molar-refractivity contribution in [1.82, 2.24) is 4.23 Å². The number of aromatic nitrogens is 1. The van der Waals surface area contributed by atoms with Crippen molar-refractivity contribution < 1.29 is 4.42 Å². The van der Waals surface area contributed by atoms with Crippen molar-refractivity contribution >= 4 is 19.1 Å². The summed E-state index contributed by atoms with van der Waals surface area (Å²) in [5.41, 5.74) is 0.109. The summed E-state index contributed by atoms with van der Waals surface area (Å²) in [4.78, 5) is 23.2. The number of hydrogen-bond donors (Lipinski definition) is 0. The second-order valence-electron chi connectivity index (χ2n) is 4.68. The van der Waals surface area contributed by atoms with Crippen LogP contribution in [0.25, 0.3) is 10.9 Å². The van der Waals surface area contributed by atoms with Crippen molar-refractivity contribution in [3.63, 3.8) is 0 Å². The molecule has 0 spiro atoms. The van der Waals surface area contributed by atoms with Gasteiger partial charge in [0.25, 0.3) is 0 Å². The summed E-state index contributed by atoms with van der Waals surface area (Å²) in [5.74, 6) is -0.553. The van der Waals surface area contributed by atoms with Crippen molar-refractivity contribution in [2.75, 3.05) is 0 Å². The zero-order valence-corrected chi connectivity index (χ0v) is 10.5. The SMILES string of the molecule is C[Si](C)(C)n1c(=O)oc(=O)c2ccccc21. The van der Waals surface area contributed by atoms with Gasteiger partial charge in [-0.25, -0.2) is 9.59 Å². The average molecular weight is 235 g/mol. The lowest BCUT2D eigenvalue weighted by molar-refractivity contribution is 0.449. The molecule has 16 heavy (non-hydrogen) atoms. The van der Waals surface area contributed by atoms with Crippen LogP contribution in [-0.4, -0.2) is 12.5 Å². The molecule has 0 N–H and O–H groups in total. The van der Waals surface area contributed by atoms with Crippen LogP contribution >= 0.6 is 0 Å². The van der Waals surface area contributed by atoms with Gasteiger partial charge in [-0.15, -0.1) is 0 Å². The van der Waals surface area contributed by atoms with Crippen LogP contribution < -0.4 is 11.4 Å². The summed E-state index contributed by atoms with van der Waals surface area (Å²) in [6, 6.07) is 7.04. The topological polar surface area (TPSA) is 52.2 Å². The van der Waals surface area contributed by atoms with Gasteiger partial charge < -0.3 is 8.65 Å². The zero-order chi connectivity index (χ0) is 11.9. The Morgan fingerprint density at radius 1 is 1.12 bits per heavy atom. The number of para-hydroxylation sites is 1. The van der Waals surface area contributed by atoms with Crippen molar-refractivity contribution in [3.05, 3.63) is 45.2 Å². The Kier molecular flexibility index (Phi) is 2.34. The molecule has 0 aliphatic carbocycles. The summed E-state index contributed by atoms with van der Waals surface area (Å²) in [6.07, 6.45) is 0. The molecule has 0 saturated heterocycles. The smallest absolute Gasteiger partial charge is 0.373 e. The number of benzene rings is 1. The summed E-state index contributed by atoms with van der Waals surface area (Å²) in [5, 5.41) is 0.463. The van der Waals surface area contributed by atoms with Gasteiger partial charge in [0, 0.05) is 0 Å². The van der Waals surface area contributed by atoms with Crippen molar-refractivity contribution in [1.29, 1.82) is 0 Å². The highest BCUT2D eigenvalue weighted by Crippen LogP contribution is 2.12. The van der Waals surface area contributed by atoms with E-state index < -0.39 is 19.6 Å². The predicted molar refractivity (Wildman–Crippen MR) is 65.5 cm³/mol. The van der Waals surface area contributed by atoms with Gasteiger partial charge >= 0.3 is 11.4 Å². The molecule has 0 atom stereocenters. The van der Waals surface area contributed by atoms with E-state index >= 15 is 0 Å². The van der Waals surface area contributed by atoms with Gasteiger partial charge in [-0.3, -0.25) is 0 Å². The lowest BCUT2D eigenvalue weighted by Crippen LogP contribution is -2.42. The highest BCUT2D eigenvalue weighted by atomic mass is 28.3. The molecular formula is C11H13NO3Si. The van der Waals surface area contributed by atoms with Crippen LogP contribution in [0, 0.1) is 0 Å². The highest BCUT2D eigenvalue weighted by Gasteiger charge is 2.22. The summed E-state index contributed by atoms with van der Waals surface area (Å²) in [7, 11) is -1.89. The summed E-state index contributed by atoms with van der Waals surface area (Å²) >= 11 is 0. The van der Waals surface area contributed by atoms with E-state index in [4.69, 9.17) is 4.42 Å². The van der Waals surface area contributed by atoms with Crippen LogP contribution in [0.1, 0.15) is 0 Å². The van der Waals surface area contributed by atoms with E-state index in [9.17, 15) is 9.59 Å². The van der Waals surface area contributed by atoms with Crippen molar-refractivity contribution in [3.8, 4) is 0 Å². The first kappa shape index (κ1) is 10.9. The van der Waals surface area contributed by atoms with Gasteiger partial charge in [-0.05, 0) is 12.1 Å². The third kappa shape index (κ3) is 1.63. The molecule has 1 aromatic heterocycles. The Hall–Kier alpha value is -1.62. The maximum atomic E-state index is 11.7. The fraction of sp³-hybridized carbons (Fsp3) is 0.273. The molecule has 0 aliphatic rings. The molecule has 0 bridgehead atoms. The highest BCUT2D eigenvalue weighted by molar-refractivity contribution is 6.75. The quantitative estimate of drug-likeness (QED) is 0.706. The lowest BCUT2D eigenvalue weighted by Gasteiger charge is -2.20. The van der Waals surface area contributed by atoms with Crippen LogP contribution in [0.2, 0.25) is 19.6 Å². The van der Waals surface area contributed by atoms with Gasteiger partial charge in [0.05, 0.1) is 10.9 Å². The second-order valence-corrected chi connectivity index (χ2v) is 9.47. The van der Waals surface area contributed by atoms with E-state index in [-0.39, 0.29) is 0 Å². The van der Waals surface area contributed by atoms with Gasteiger partial charge in [-0.2, -0.15) is 0 Å². The molecule has 0 unspecified atom stereocenters. The predicted octanol–water partition coefficient (Wildman–Crippen LogP) is 1.64. The third-order valence-corrected chi connectivity index (χ3v) is 4.16. The Morgan fingerprint density at radius 3 is 2.38 bits per heavy atom. The fourth-order valence-electron chi connectivity index (χ4n) is 1.75. The van der Waals surface area contributed by atoms with Crippen molar-refractivity contribution in [2.45, 2.75) is 19.6 Å². The van der Waals surface area contributed by atoms with E-state index in [0.29, 0.717) is 10.9 Å². The third-order valence-electron chi connectivity index (χ3n) is 2.40. The number of rotatable bonds is 1. The zero-order valence-electron chi connectivity index (χ0n) is 9.48. The summed E-state index contributed by atoms with van der Waals surface area (Å²) < 4.78 is 6.36. The lowest BCUT2D eigenvalue weighted by atomic mass is 10.2. The Bertz CT molecular complexity index is 649. The maximum absolute atomic E-state index is 11.7. The van der Waals surface area contributed by atoms with E-state index in [1.54, 1.807) is 22.4 Å². The molecule has 0 amide bonds. The molecule has 2 rings (SSSR count). The molecular weight excluding hydrogens is 222 g/mol. The van der Waals surface area contributed by atoms with Gasteiger partial charge in [0.1, 0.15) is 0 Å². The standard InChI is InChI=1S/C11H13NO3Si/c1-16(2,3)12-9-7-5-4-6-8(9)10(13)15-11(12)14/h4-7H,1-3H3. The first-order valence-electron chi connectivity index (χ1n) is 5.06. The van der Waals surface area contributed by atoms with Crippen LogP contribution in [-0.2, 0) is 0 Å². The molecule has 0 saturated carbocycles. The number of hydrogen-bond acceptors (Lipinski definition) is 3. The summed E-state index contributed by atoms with van der Waals surface area (Å²) in [6.45, 7) is 6.09. The van der Waals surface area contributed by atoms with Crippen molar-refractivity contribution in [2.24, 2.45) is 0 Å². The molecule has 84 valence electrons. The fourth-order valence-corrected chi connectivity index (χ4v) is 3.27. The molecule has 2 aromatic rings. The minimum atomic E-state index is -1.89. The van der Waals surface area contributed by atoms with Gasteiger partial charge in [0.2, 0.25) is 0 Å². The maximum Gasteiger partial charge on any atom is 0.414 e. The molecule has 4 nitrogen and oxygen atoms in total. The molecule has 5 heteroatoms. The van der Waals surface area contributed by atoms with Crippen LogP contribution in [0.5, 0.6) is 0 Å². The minimum absolute atomic E-state index is 0.463. The first-order valence-corrected chi connectivity index (χ1v) is 8.51. The first-order chi connectivity index (χ1) is 7.41. The molecule has 1 aromatic carbocycles. The van der Waals surface area contributed by atoms with Crippen LogP contribution in [0.3, 0.4) is 0 Å². The Labute approximate surface area is 93.2 Å². The van der Waals surface area contributed by atoms with Crippen LogP contribution in [0.4, 0.5) is 0 Å². The number of nitrogens with zero attached hydrogens (tertiary/aromatic N) is 1. The minimum Gasteiger partial charge on any atom is -0.373 e. The monoisotopic (exact) mass is 235 g/mol. The average Bonchev–Trinajstić information content (AvgIpc) is 2.15. The second kappa shape index (κ2) is 3.45. The molecule has 0 radical (unpaired) electrons. The van der Waals surface area contributed by atoms with Crippen LogP contribution in [0.15, 0.2) is 38.3 Å². The van der Waals surface area contributed by atoms with E-state index in [2.05, 4.69) is 0 Å². The Balaban J connectivity index is 3.05. The normalized spacial score (nSPS) is 11.9. The van der Waals surface area contributed by atoms with E-state index in [1.165, 1.54) is 0 Å². The molecule has 0 fully saturated rings. The van der Waals surface area contributed by atoms with Gasteiger partial charge in [0.15, 0.2) is 8.24 Å². The Morgan fingerprint density at radius 2 is 1.75 bits per heavy atom.